The SMILES string of the molecule is O=C(CCC1CCCC1)Nc1nc(-c2ccccn2)cs1. The number of pyridine rings is 1. The van der Waals surface area contributed by atoms with Crippen molar-refractivity contribution in [3.05, 3.63) is 29.8 Å². The summed E-state index contributed by atoms with van der Waals surface area (Å²) >= 11 is 1.45. The molecule has 2 heterocycles. The molecule has 4 nitrogen and oxygen atoms in total. The summed E-state index contributed by atoms with van der Waals surface area (Å²) in [4.78, 5) is 20.6. The number of thiazole rings is 1. The summed E-state index contributed by atoms with van der Waals surface area (Å²) in [5.41, 5.74) is 1.65. The average molecular weight is 301 g/mol. The van der Waals surface area contributed by atoms with E-state index in [0.29, 0.717) is 11.6 Å². The molecule has 2 aromatic heterocycles. The van der Waals surface area contributed by atoms with Crippen LogP contribution in [0.3, 0.4) is 0 Å². The van der Waals surface area contributed by atoms with Gasteiger partial charge in [0.15, 0.2) is 5.13 Å². The van der Waals surface area contributed by atoms with Crippen LogP contribution in [0.4, 0.5) is 5.13 Å². The van der Waals surface area contributed by atoms with Crippen LogP contribution < -0.4 is 5.32 Å². The van der Waals surface area contributed by atoms with Crippen LogP contribution in [0, 0.1) is 5.92 Å². The minimum absolute atomic E-state index is 0.0730. The third-order valence-electron chi connectivity index (χ3n) is 3.93. The number of aromatic nitrogens is 2. The molecule has 0 unspecified atom stereocenters. The molecule has 0 aliphatic heterocycles. The molecule has 0 saturated heterocycles. The summed E-state index contributed by atoms with van der Waals surface area (Å²) in [7, 11) is 0. The van der Waals surface area contributed by atoms with Crippen molar-refractivity contribution in [1.82, 2.24) is 9.97 Å². The molecule has 1 saturated carbocycles. The van der Waals surface area contributed by atoms with Gasteiger partial charge in [-0.3, -0.25) is 9.78 Å². The maximum absolute atomic E-state index is 12.0. The fraction of sp³-hybridized carbons (Fsp3) is 0.438. The minimum Gasteiger partial charge on any atom is -0.302 e. The van der Waals surface area contributed by atoms with Gasteiger partial charge in [-0.15, -0.1) is 11.3 Å². The largest absolute Gasteiger partial charge is 0.302 e. The van der Waals surface area contributed by atoms with Crippen LogP contribution in [0.1, 0.15) is 38.5 Å². The lowest BCUT2D eigenvalue weighted by Gasteiger charge is -2.07. The summed E-state index contributed by atoms with van der Waals surface area (Å²) in [6.07, 6.45) is 8.57. The Morgan fingerprint density at radius 2 is 2.14 bits per heavy atom. The molecule has 0 spiro atoms. The number of hydrogen-bond donors (Lipinski definition) is 1. The Bertz CT molecular complexity index is 591. The van der Waals surface area contributed by atoms with E-state index in [1.54, 1.807) is 6.20 Å². The Hall–Kier alpha value is -1.75. The lowest BCUT2D eigenvalue weighted by atomic mass is 10.0. The van der Waals surface area contributed by atoms with Crippen molar-refractivity contribution in [3.63, 3.8) is 0 Å². The Morgan fingerprint density at radius 1 is 1.29 bits per heavy atom. The van der Waals surface area contributed by atoms with Crippen LogP contribution in [0.2, 0.25) is 0 Å². The first kappa shape index (κ1) is 14.2. The number of hydrogen-bond acceptors (Lipinski definition) is 4. The molecule has 1 fully saturated rings. The molecule has 1 aliphatic rings. The zero-order valence-corrected chi connectivity index (χ0v) is 12.7. The van der Waals surface area contributed by atoms with E-state index in [0.717, 1.165) is 23.7 Å². The van der Waals surface area contributed by atoms with Crippen LogP contribution in [0.25, 0.3) is 11.4 Å². The van der Waals surface area contributed by atoms with Crippen LogP contribution in [0.15, 0.2) is 29.8 Å². The number of carbonyl (C=O) groups is 1. The van der Waals surface area contributed by atoms with Gasteiger partial charge in [-0.25, -0.2) is 4.98 Å². The second-order valence-electron chi connectivity index (χ2n) is 5.49. The van der Waals surface area contributed by atoms with E-state index >= 15 is 0 Å². The van der Waals surface area contributed by atoms with Crippen molar-refractivity contribution in [2.75, 3.05) is 5.32 Å². The van der Waals surface area contributed by atoms with Crippen molar-refractivity contribution in [3.8, 4) is 11.4 Å². The number of amides is 1. The van der Waals surface area contributed by atoms with E-state index in [1.165, 1.54) is 37.0 Å². The number of carbonyl (C=O) groups excluding carboxylic acids is 1. The van der Waals surface area contributed by atoms with E-state index in [4.69, 9.17) is 0 Å². The zero-order valence-electron chi connectivity index (χ0n) is 11.9. The van der Waals surface area contributed by atoms with Gasteiger partial charge < -0.3 is 5.32 Å². The number of nitrogens with zero attached hydrogens (tertiary/aromatic N) is 2. The van der Waals surface area contributed by atoms with Gasteiger partial charge in [-0.2, -0.15) is 0 Å². The minimum atomic E-state index is 0.0730. The normalized spacial score (nSPS) is 15.2. The summed E-state index contributed by atoms with van der Waals surface area (Å²) in [5.74, 6) is 0.819. The number of rotatable bonds is 5. The third kappa shape index (κ3) is 3.88. The highest BCUT2D eigenvalue weighted by atomic mass is 32.1. The van der Waals surface area contributed by atoms with Gasteiger partial charge in [-0.05, 0) is 24.5 Å². The van der Waals surface area contributed by atoms with Gasteiger partial charge in [0.2, 0.25) is 5.91 Å². The Balaban J connectivity index is 1.53. The Kier molecular flexibility index (Phi) is 4.60. The molecule has 5 heteroatoms. The second kappa shape index (κ2) is 6.80. The van der Waals surface area contributed by atoms with Crippen LogP contribution in [-0.2, 0) is 4.79 Å². The van der Waals surface area contributed by atoms with E-state index < -0.39 is 0 Å². The lowest BCUT2D eigenvalue weighted by molar-refractivity contribution is -0.116. The zero-order chi connectivity index (χ0) is 14.5. The van der Waals surface area contributed by atoms with Crippen LogP contribution in [-0.4, -0.2) is 15.9 Å². The third-order valence-corrected chi connectivity index (χ3v) is 4.69. The first-order valence-electron chi connectivity index (χ1n) is 7.48. The highest BCUT2D eigenvalue weighted by Crippen LogP contribution is 2.29. The van der Waals surface area contributed by atoms with Gasteiger partial charge >= 0.3 is 0 Å². The quantitative estimate of drug-likeness (QED) is 0.904. The molecule has 0 bridgehead atoms. The van der Waals surface area contributed by atoms with E-state index in [1.807, 2.05) is 23.6 Å². The molecule has 21 heavy (non-hydrogen) atoms. The molecule has 0 radical (unpaired) electrons. The van der Waals surface area contributed by atoms with Gasteiger partial charge in [0.05, 0.1) is 5.69 Å². The molecule has 0 atom stereocenters. The van der Waals surface area contributed by atoms with E-state index in [2.05, 4.69) is 15.3 Å². The summed E-state index contributed by atoms with van der Waals surface area (Å²) in [5, 5.41) is 5.48. The predicted octanol–water partition coefficient (Wildman–Crippen LogP) is 4.11. The predicted molar refractivity (Wildman–Crippen MR) is 85.2 cm³/mol. The summed E-state index contributed by atoms with van der Waals surface area (Å²) in [6.45, 7) is 0. The van der Waals surface area contributed by atoms with E-state index in [9.17, 15) is 4.79 Å². The maximum Gasteiger partial charge on any atom is 0.226 e. The molecule has 0 aromatic carbocycles. The fourth-order valence-electron chi connectivity index (χ4n) is 2.78. The molecule has 1 amide bonds. The first-order valence-corrected chi connectivity index (χ1v) is 8.36. The highest BCUT2D eigenvalue weighted by molar-refractivity contribution is 7.14. The summed E-state index contributed by atoms with van der Waals surface area (Å²) in [6, 6.07) is 5.73. The van der Waals surface area contributed by atoms with E-state index in [-0.39, 0.29) is 5.91 Å². The molecular weight excluding hydrogens is 282 g/mol. The molecule has 1 aliphatic carbocycles. The van der Waals surface area contributed by atoms with Gasteiger partial charge in [-0.1, -0.05) is 31.7 Å². The average Bonchev–Trinajstić information content (AvgIpc) is 3.17. The number of anilines is 1. The van der Waals surface area contributed by atoms with Crippen molar-refractivity contribution in [1.29, 1.82) is 0 Å². The molecule has 2 aromatic rings. The smallest absolute Gasteiger partial charge is 0.226 e. The first-order chi connectivity index (χ1) is 10.3. The topological polar surface area (TPSA) is 54.9 Å². The van der Waals surface area contributed by atoms with Crippen molar-refractivity contribution < 1.29 is 4.79 Å². The standard InChI is InChI=1S/C16H19N3OS/c20-15(9-8-12-5-1-2-6-12)19-16-18-14(11-21-16)13-7-3-4-10-17-13/h3-4,7,10-12H,1-2,5-6,8-9H2,(H,18,19,20). The Morgan fingerprint density at radius 3 is 2.90 bits per heavy atom. The van der Waals surface area contributed by atoms with Crippen LogP contribution >= 0.6 is 11.3 Å². The van der Waals surface area contributed by atoms with Crippen LogP contribution in [0.5, 0.6) is 0 Å². The maximum atomic E-state index is 12.0. The lowest BCUT2D eigenvalue weighted by Crippen LogP contribution is -2.12. The molecule has 3 rings (SSSR count). The van der Waals surface area contributed by atoms with Crippen molar-refractivity contribution in [2.45, 2.75) is 38.5 Å². The molecule has 110 valence electrons. The van der Waals surface area contributed by atoms with Gasteiger partial charge in [0.25, 0.3) is 0 Å². The van der Waals surface area contributed by atoms with Gasteiger partial charge in [0, 0.05) is 18.0 Å². The Labute approximate surface area is 128 Å². The highest BCUT2D eigenvalue weighted by Gasteiger charge is 2.16. The fourth-order valence-corrected chi connectivity index (χ4v) is 3.50. The monoisotopic (exact) mass is 301 g/mol. The molecular formula is C16H19N3OS. The van der Waals surface area contributed by atoms with Crippen molar-refractivity contribution in [2.24, 2.45) is 5.92 Å². The van der Waals surface area contributed by atoms with Gasteiger partial charge in [0.1, 0.15) is 5.69 Å². The summed E-state index contributed by atoms with van der Waals surface area (Å²) < 4.78 is 0. The molecule has 1 N–H and O–H groups in total. The number of nitrogens with one attached hydrogen (secondary N) is 1. The second-order valence-corrected chi connectivity index (χ2v) is 6.35. The van der Waals surface area contributed by atoms with Crippen molar-refractivity contribution >= 4 is 22.4 Å².